The largest absolute Gasteiger partial charge is 0.335 e. The van der Waals surface area contributed by atoms with Crippen molar-refractivity contribution in [3.05, 3.63) is 68.7 Å². The lowest BCUT2D eigenvalue weighted by molar-refractivity contribution is -0.141. The van der Waals surface area contributed by atoms with E-state index in [1.54, 1.807) is 0 Å². The van der Waals surface area contributed by atoms with Crippen LogP contribution >= 0.6 is 23.2 Å². The molecule has 5 atom stereocenters. The Balaban J connectivity index is 1.95. The van der Waals surface area contributed by atoms with Gasteiger partial charge in [0.05, 0.1) is 18.1 Å². The zero-order chi connectivity index (χ0) is 32.4. The number of halogens is 2. The molecule has 0 radical (unpaired) electrons. The Morgan fingerprint density at radius 3 is 2.30 bits per heavy atom. The molecule has 8 nitrogen and oxygen atoms in total. The minimum Gasteiger partial charge on any atom is -0.335 e. The van der Waals surface area contributed by atoms with Crippen LogP contribution in [-0.4, -0.2) is 78.9 Å². The summed E-state index contributed by atoms with van der Waals surface area (Å²) in [5.41, 5.74) is 22.6. The summed E-state index contributed by atoms with van der Waals surface area (Å²) in [6.45, 7) is 11.6. The van der Waals surface area contributed by atoms with Crippen molar-refractivity contribution >= 4 is 35.4 Å². The summed E-state index contributed by atoms with van der Waals surface area (Å²) in [5.74, 6) is 0.261. The SMILES string of the molecule is Cc1ccc(C[C@@H](N)C(=O)N2C[C@H](CCCCNCCN)N(C(c3ccc(C)cc3Cl)C(N)C=O)C[C@H]2CC(C)C)c(Cl)c1. The van der Waals surface area contributed by atoms with Gasteiger partial charge >= 0.3 is 0 Å². The van der Waals surface area contributed by atoms with Gasteiger partial charge in [-0.2, -0.15) is 0 Å². The van der Waals surface area contributed by atoms with Crippen LogP contribution in [0.2, 0.25) is 10.0 Å². The van der Waals surface area contributed by atoms with Gasteiger partial charge in [-0.15, -0.1) is 0 Å². The van der Waals surface area contributed by atoms with Crippen LogP contribution in [0.25, 0.3) is 0 Å². The minimum atomic E-state index is -0.781. The van der Waals surface area contributed by atoms with Crippen molar-refractivity contribution in [2.75, 3.05) is 32.7 Å². The van der Waals surface area contributed by atoms with Crippen molar-refractivity contribution in [3.63, 3.8) is 0 Å². The molecule has 3 rings (SSSR count). The van der Waals surface area contributed by atoms with E-state index in [2.05, 4.69) is 24.1 Å². The van der Waals surface area contributed by atoms with E-state index in [1.165, 1.54) is 0 Å². The lowest BCUT2D eigenvalue weighted by Crippen LogP contribution is -2.64. The van der Waals surface area contributed by atoms with Crippen LogP contribution in [0.5, 0.6) is 0 Å². The Morgan fingerprint density at radius 1 is 1.00 bits per heavy atom. The van der Waals surface area contributed by atoms with Crippen molar-refractivity contribution in [1.29, 1.82) is 0 Å². The van der Waals surface area contributed by atoms with E-state index >= 15 is 0 Å². The maximum absolute atomic E-state index is 14.1. The third-order valence-corrected chi connectivity index (χ3v) is 9.23. The zero-order valence-electron chi connectivity index (χ0n) is 26.8. The Hall–Kier alpha value is -2.04. The highest BCUT2D eigenvalue weighted by Gasteiger charge is 2.42. The fourth-order valence-electron chi connectivity index (χ4n) is 6.35. The molecule has 7 N–H and O–H groups in total. The lowest BCUT2D eigenvalue weighted by atomic mass is 9.89. The number of piperazine rings is 1. The molecule has 1 aliphatic heterocycles. The van der Waals surface area contributed by atoms with Gasteiger partial charge in [0, 0.05) is 48.3 Å². The molecule has 1 aliphatic rings. The number of hydrogen-bond acceptors (Lipinski definition) is 7. The van der Waals surface area contributed by atoms with E-state index in [0.29, 0.717) is 42.0 Å². The summed E-state index contributed by atoms with van der Waals surface area (Å²) in [4.78, 5) is 30.7. The van der Waals surface area contributed by atoms with Crippen molar-refractivity contribution < 1.29 is 9.59 Å². The average molecular weight is 648 g/mol. The number of amides is 1. The maximum Gasteiger partial charge on any atom is 0.240 e. The summed E-state index contributed by atoms with van der Waals surface area (Å²) in [7, 11) is 0. The molecule has 10 heteroatoms. The Labute approximate surface area is 274 Å². The van der Waals surface area contributed by atoms with Crippen molar-refractivity contribution in [2.45, 2.75) is 90.0 Å². The molecule has 0 spiro atoms. The smallest absolute Gasteiger partial charge is 0.240 e. The van der Waals surface area contributed by atoms with Gasteiger partial charge in [-0.1, -0.05) is 67.7 Å². The number of carbonyl (C=O) groups is 2. The van der Waals surface area contributed by atoms with Crippen LogP contribution in [0.4, 0.5) is 0 Å². The molecule has 2 aromatic carbocycles. The Kier molecular flexibility index (Phi) is 14.6. The number of nitrogens with one attached hydrogen (secondary N) is 1. The first-order valence-corrected chi connectivity index (χ1v) is 16.7. The van der Waals surface area contributed by atoms with E-state index in [4.69, 9.17) is 40.4 Å². The average Bonchev–Trinajstić information content (AvgIpc) is 2.97. The van der Waals surface area contributed by atoms with Crippen molar-refractivity contribution in [1.82, 2.24) is 15.1 Å². The number of aryl methyl sites for hydroxylation is 2. The number of hydrogen-bond donors (Lipinski definition) is 4. The van der Waals surface area contributed by atoms with E-state index in [-0.39, 0.29) is 18.0 Å². The van der Waals surface area contributed by atoms with Gasteiger partial charge in [0.1, 0.15) is 6.29 Å². The topological polar surface area (TPSA) is 131 Å². The number of aldehydes is 1. The Morgan fingerprint density at radius 2 is 1.68 bits per heavy atom. The van der Waals surface area contributed by atoms with Gasteiger partial charge in [0.15, 0.2) is 0 Å². The lowest BCUT2D eigenvalue weighted by Gasteiger charge is -2.51. The molecule has 0 bridgehead atoms. The number of unbranched alkanes of at least 4 members (excludes halogenated alkanes) is 1. The number of benzene rings is 2. The van der Waals surface area contributed by atoms with Gasteiger partial charge in [0.25, 0.3) is 0 Å². The second kappa shape index (κ2) is 17.6. The normalized spacial score (nSPS) is 19.6. The van der Waals surface area contributed by atoms with Crippen molar-refractivity contribution in [2.24, 2.45) is 23.1 Å². The van der Waals surface area contributed by atoms with Gasteiger partial charge in [-0.05, 0) is 86.4 Å². The number of carbonyl (C=O) groups excluding carboxylic acids is 2. The quantitative estimate of drug-likeness (QED) is 0.157. The van der Waals surface area contributed by atoms with Gasteiger partial charge < -0.3 is 32.2 Å². The molecular formula is C34H52Cl2N6O2. The molecule has 1 saturated heterocycles. The fourth-order valence-corrected chi connectivity index (χ4v) is 7.01. The maximum atomic E-state index is 14.1. The number of rotatable bonds is 16. The van der Waals surface area contributed by atoms with E-state index in [9.17, 15) is 9.59 Å². The first-order chi connectivity index (χ1) is 21.0. The van der Waals surface area contributed by atoms with Crippen LogP contribution in [0.15, 0.2) is 36.4 Å². The number of nitrogens with zero attached hydrogens (tertiary/aromatic N) is 2. The molecule has 1 amide bonds. The molecule has 244 valence electrons. The molecule has 0 aromatic heterocycles. The second-order valence-electron chi connectivity index (χ2n) is 12.7. The fraction of sp³-hybridized carbons (Fsp3) is 0.588. The summed E-state index contributed by atoms with van der Waals surface area (Å²) in [6.07, 6.45) is 4.69. The van der Waals surface area contributed by atoms with Crippen LogP contribution in [0.3, 0.4) is 0 Å². The molecule has 0 saturated carbocycles. The highest BCUT2D eigenvalue weighted by atomic mass is 35.5. The highest BCUT2D eigenvalue weighted by molar-refractivity contribution is 6.31. The number of nitrogens with two attached hydrogens (primary N) is 3. The monoisotopic (exact) mass is 646 g/mol. The second-order valence-corrected chi connectivity index (χ2v) is 13.6. The molecule has 1 fully saturated rings. The van der Waals surface area contributed by atoms with E-state index in [0.717, 1.165) is 67.3 Å². The molecule has 1 heterocycles. The molecule has 44 heavy (non-hydrogen) atoms. The first kappa shape index (κ1) is 36.4. The third kappa shape index (κ3) is 9.98. The minimum absolute atomic E-state index is 0.0413. The molecule has 0 aliphatic carbocycles. The summed E-state index contributed by atoms with van der Waals surface area (Å²) in [5, 5.41) is 4.57. The van der Waals surface area contributed by atoms with Gasteiger partial charge in [-0.3, -0.25) is 9.69 Å². The van der Waals surface area contributed by atoms with Gasteiger partial charge in [-0.25, -0.2) is 0 Å². The molecular weight excluding hydrogens is 595 g/mol. The zero-order valence-corrected chi connectivity index (χ0v) is 28.3. The summed E-state index contributed by atoms with van der Waals surface area (Å²) < 4.78 is 0. The van der Waals surface area contributed by atoms with Crippen LogP contribution < -0.4 is 22.5 Å². The molecule has 2 aromatic rings. The Bertz CT molecular complexity index is 1230. The van der Waals surface area contributed by atoms with E-state index < -0.39 is 18.1 Å². The third-order valence-electron chi connectivity index (χ3n) is 8.55. The predicted octanol–water partition coefficient (Wildman–Crippen LogP) is 4.39. The van der Waals surface area contributed by atoms with Crippen LogP contribution in [-0.2, 0) is 16.0 Å². The first-order valence-electron chi connectivity index (χ1n) is 15.9. The molecule has 2 unspecified atom stereocenters. The van der Waals surface area contributed by atoms with Crippen LogP contribution in [0, 0.1) is 19.8 Å². The standard InChI is InChI=1S/C34H52Cl2N6O2/c1-22(2)15-27-20-41(33(32(39)21-43)28-11-9-24(4)17-30(28)36)26(7-5-6-13-40-14-12-37)19-42(27)34(44)31(38)18-25-10-8-23(3)16-29(25)35/h8-11,16-17,21-22,26-27,31-33,40H,5-7,12-15,18-20,37-39H2,1-4H3/t26-,27+,31+,32?,33?/m0/s1. The summed E-state index contributed by atoms with van der Waals surface area (Å²) >= 11 is 13.3. The van der Waals surface area contributed by atoms with Crippen molar-refractivity contribution in [3.8, 4) is 0 Å². The summed E-state index contributed by atoms with van der Waals surface area (Å²) in [6, 6.07) is 9.67. The van der Waals surface area contributed by atoms with Gasteiger partial charge in [0.2, 0.25) is 5.91 Å². The predicted molar refractivity (Wildman–Crippen MR) is 182 cm³/mol. The van der Waals surface area contributed by atoms with Crippen LogP contribution in [0.1, 0.15) is 67.8 Å². The van der Waals surface area contributed by atoms with E-state index in [1.807, 2.05) is 55.1 Å². The highest BCUT2D eigenvalue weighted by Crippen LogP contribution is 2.36.